The van der Waals surface area contributed by atoms with E-state index in [1.54, 1.807) is 6.20 Å². The number of nitrogens with one attached hydrogen (secondary N) is 1. The van der Waals surface area contributed by atoms with Crippen LogP contribution >= 0.6 is 0 Å². The molecular formula is C14H25N3O2. The third kappa shape index (κ3) is 4.67. The highest BCUT2D eigenvalue weighted by atomic mass is 16.5. The first kappa shape index (κ1) is 15.7. The number of aryl methyl sites for hydroxylation is 1. The Morgan fingerprint density at radius 3 is 2.63 bits per heavy atom. The maximum absolute atomic E-state index is 11.7. The predicted octanol–water partition coefficient (Wildman–Crippen LogP) is 1.94. The summed E-state index contributed by atoms with van der Waals surface area (Å²) < 4.78 is 6.93. The lowest BCUT2D eigenvalue weighted by Crippen LogP contribution is -2.42. The van der Waals surface area contributed by atoms with Crippen molar-refractivity contribution in [3.05, 3.63) is 18.2 Å². The fraction of sp³-hybridized carbons (Fsp3) is 0.714. The molecule has 0 aromatic carbocycles. The van der Waals surface area contributed by atoms with Crippen molar-refractivity contribution in [3.8, 4) is 0 Å². The zero-order chi connectivity index (χ0) is 14.4. The SMILES string of the molecule is COC(=O)C(CCn1ccnc1C(C)C)NC(C)C. The molecule has 1 aromatic rings. The number of esters is 1. The number of carbonyl (C=O) groups is 1. The van der Waals surface area contributed by atoms with Gasteiger partial charge < -0.3 is 14.6 Å². The number of rotatable bonds is 7. The van der Waals surface area contributed by atoms with Crippen LogP contribution in [0, 0.1) is 0 Å². The summed E-state index contributed by atoms with van der Waals surface area (Å²) in [6, 6.07) is -0.0242. The molecule has 1 aromatic heterocycles. The van der Waals surface area contributed by atoms with Gasteiger partial charge in [-0.3, -0.25) is 4.79 Å². The van der Waals surface area contributed by atoms with E-state index in [9.17, 15) is 4.79 Å². The molecule has 0 aliphatic rings. The molecule has 1 rings (SSSR count). The van der Waals surface area contributed by atoms with Crippen molar-refractivity contribution >= 4 is 5.97 Å². The van der Waals surface area contributed by atoms with Crippen LogP contribution in [-0.4, -0.2) is 34.7 Å². The summed E-state index contributed by atoms with van der Waals surface area (Å²) in [4.78, 5) is 16.1. The molecule has 5 heteroatoms. The zero-order valence-electron chi connectivity index (χ0n) is 12.5. The number of methoxy groups -OCH3 is 1. The van der Waals surface area contributed by atoms with Crippen molar-refractivity contribution in [2.75, 3.05) is 7.11 Å². The molecule has 19 heavy (non-hydrogen) atoms. The summed E-state index contributed by atoms with van der Waals surface area (Å²) in [7, 11) is 1.42. The van der Waals surface area contributed by atoms with E-state index in [4.69, 9.17) is 4.74 Å². The van der Waals surface area contributed by atoms with E-state index in [0.717, 1.165) is 12.4 Å². The summed E-state index contributed by atoms with van der Waals surface area (Å²) in [6.07, 6.45) is 4.46. The van der Waals surface area contributed by atoms with Crippen molar-refractivity contribution < 1.29 is 9.53 Å². The highest BCUT2D eigenvalue weighted by Crippen LogP contribution is 2.13. The summed E-state index contributed by atoms with van der Waals surface area (Å²) in [5.74, 6) is 1.22. The Morgan fingerprint density at radius 1 is 1.42 bits per heavy atom. The molecule has 0 aliphatic heterocycles. The van der Waals surface area contributed by atoms with E-state index in [1.807, 2.05) is 20.0 Å². The number of ether oxygens (including phenoxy) is 1. The van der Waals surface area contributed by atoms with Gasteiger partial charge in [0.25, 0.3) is 0 Å². The van der Waals surface area contributed by atoms with Gasteiger partial charge in [0.15, 0.2) is 0 Å². The topological polar surface area (TPSA) is 56.2 Å². The monoisotopic (exact) mass is 267 g/mol. The molecule has 0 saturated carbocycles. The number of aromatic nitrogens is 2. The van der Waals surface area contributed by atoms with Gasteiger partial charge in [-0.1, -0.05) is 27.7 Å². The molecule has 0 radical (unpaired) electrons. The Balaban J connectivity index is 2.65. The summed E-state index contributed by atoms with van der Waals surface area (Å²) >= 11 is 0. The van der Waals surface area contributed by atoms with Crippen LogP contribution in [0.1, 0.15) is 45.9 Å². The highest BCUT2D eigenvalue weighted by Gasteiger charge is 2.20. The number of hydrogen-bond donors (Lipinski definition) is 1. The largest absolute Gasteiger partial charge is 0.468 e. The second-order valence-electron chi connectivity index (χ2n) is 5.32. The molecule has 0 spiro atoms. The second-order valence-corrected chi connectivity index (χ2v) is 5.32. The standard InChI is InChI=1S/C14H25N3O2/c1-10(2)13-15-7-9-17(13)8-6-12(14(18)19-5)16-11(3)4/h7,9-12,16H,6,8H2,1-5H3. The molecule has 0 fully saturated rings. The second kappa shape index (κ2) is 7.28. The average molecular weight is 267 g/mol. The third-order valence-corrected chi connectivity index (χ3v) is 2.94. The normalized spacial score (nSPS) is 13.0. The maximum atomic E-state index is 11.7. The lowest BCUT2D eigenvalue weighted by molar-refractivity contribution is -0.143. The van der Waals surface area contributed by atoms with Crippen LogP contribution in [0.4, 0.5) is 0 Å². The minimum atomic E-state index is -0.271. The fourth-order valence-electron chi connectivity index (χ4n) is 2.09. The van der Waals surface area contributed by atoms with Gasteiger partial charge in [0.2, 0.25) is 0 Å². The third-order valence-electron chi connectivity index (χ3n) is 2.94. The molecule has 5 nitrogen and oxygen atoms in total. The molecule has 1 atom stereocenters. The predicted molar refractivity (Wildman–Crippen MR) is 75.0 cm³/mol. The fourth-order valence-corrected chi connectivity index (χ4v) is 2.09. The molecule has 0 aliphatic carbocycles. The quantitative estimate of drug-likeness (QED) is 0.767. The maximum Gasteiger partial charge on any atom is 0.322 e. The summed E-state index contributed by atoms with van der Waals surface area (Å²) in [6.45, 7) is 9.03. The van der Waals surface area contributed by atoms with Gasteiger partial charge in [-0.05, 0) is 6.42 Å². The molecule has 0 saturated heterocycles. The van der Waals surface area contributed by atoms with E-state index < -0.39 is 0 Å². The van der Waals surface area contributed by atoms with Crippen LogP contribution in [0.2, 0.25) is 0 Å². The van der Waals surface area contributed by atoms with E-state index >= 15 is 0 Å². The molecule has 0 amide bonds. The molecular weight excluding hydrogens is 242 g/mol. The number of imidazole rings is 1. The van der Waals surface area contributed by atoms with Crippen molar-refractivity contribution in [1.82, 2.24) is 14.9 Å². The first-order valence-electron chi connectivity index (χ1n) is 6.80. The van der Waals surface area contributed by atoms with Gasteiger partial charge in [0.05, 0.1) is 7.11 Å². The number of nitrogens with zero attached hydrogens (tertiary/aromatic N) is 2. The van der Waals surface area contributed by atoms with Crippen molar-refractivity contribution in [2.45, 2.75) is 58.7 Å². The lowest BCUT2D eigenvalue weighted by Gasteiger charge is -2.20. The molecule has 1 N–H and O–H groups in total. The molecule has 1 heterocycles. The van der Waals surface area contributed by atoms with Crippen molar-refractivity contribution in [3.63, 3.8) is 0 Å². The number of hydrogen-bond acceptors (Lipinski definition) is 4. The van der Waals surface area contributed by atoms with Gasteiger partial charge in [0, 0.05) is 30.9 Å². The summed E-state index contributed by atoms with van der Waals surface area (Å²) in [5, 5.41) is 3.23. The minimum absolute atomic E-state index is 0.208. The van der Waals surface area contributed by atoms with E-state index in [0.29, 0.717) is 12.3 Å². The smallest absolute Gasteiger partial charge is 0.322 e. The minimum Gasteiger partial charge on any atom is -0.468 e. The Morgan fingerprint density at radius 2 is 2.11 bits per heavy atom. The van der Waals surface area contributed by atoms with Gasteiger partial charge >= 0.3 is 5.97 Å². The Bertz CT molecular complexity index is 399. The van der Waals surface area contributed by atoms with Crippen LogP contribution in [0.15, 0.2) is 12.4 Å². The first-order valence-corrected chi connectivity index (χ1v) is 6.80. The molecule has 1 unspecified atom stereocenters. The lowest BCUT2D eigenvalue weighted by atomic mass is 10.1. The van der Waals surface area contributed by atoms with Crippen LogP contribution < -0.4 is 5.32 Å². The van der Waals surface area contributed by atoms with Gasteiger partial charge in [-0.2, -0.15) is 0 Å². The van der Waals surface area contributed by atoms with Crippen LogP contribution in [-0.2, 0) is 16.1 Å². The van der Waals surface area contributed by atoms with E-state index in [2.05, 4.69) is 28.7 Å². The molecule has 108 valence electrons. The van der Waals surface area contributed by atoms with E-state index in [-0.39, 0.29) is 18.1 Å². The Hall–Kier alpha value is -1.36. The van der Waals surface area contributed by atoms with Crippen molar-refractivity contribution in [1.29, 1.82) is 0 Å². The van der Waals surface area contributed by atoms with Crippen LogP contribution in [0.5, 0.6) is 0 Å². The van der Waals surface area contributed by atoms with Crippen molar-refractivity contribution in [2.24, 2.45) is 0 Å². The average Bonchev–Trinajstić information content (AvgIpc) is 2.81. The highest BCUT2D eigenvalue weighted by molar-refractivity contribution is 5.75. The van der Waals surface area contributed by atoms with Gasteiger partial charge in [0.1, 0.15) is 11.9 Å². The first-order chi connectivity index (χ1) is 8.95. The zero-order valence-corrected chi connectivity index (χ0v) is 12.5. The van der Waals surface area contributed by atoms with Gasteiger partial charge in [-0.25, -0.2) is 4.98 Å². The van der Waals surface area contributed by atoms with E-state index in [1.165, 1.54) is 7.11 Å². The summed E-state index contributed by atoms with van der Waals surface area (Å²) in [5.41, 5.74) is 0. The Labute approximate surface area is 115 Å². The van der Waals surface area contributed by atoms with Crippen LogP contribution in [0.25, 0.3) is 0 Å². The molecule has 0 bridgehead atoms. The van der Waals surface area contributed by atoms with Gasteiger partial charge in [-0.15, -0.1) is 0 Å². The Kier molecular flexibility index (Phi) is 6.02. The number of carbonyl (C=O) groups excluding carboxylic acids is 1. The van der Waals surface area contributed by atoms with Crippen LogP contribution in [0.3, 0.4) is 0 Å².